The summed E-state index contributed by atoms with van der Waals surface area (Å²) in [4.78, 5) is 15.8. The van der Waals surface area contributed by atoms with Crippen molar-refractivity contribution >= 4 is 40.3 Å². The number of ketones is 1. The van der Waals surface area contributed by atoms with Crippen molar-refractivity contribution in [2.24, 2.45) is 0 Å². The van der Waals surface area contributed by atoms with Crippen molar-refractivity contribution in [2.75, 3.05) is 19.1 Å². The number of alkyl halides is 1. The maximum atomic E-state index is 11.5. The van der Waals surface area contributed by atoms with Gasteiger partial charge in [0.05, 0.1) is 10.9 Å². The smallest absolute Gasteiger partial charge is 0.196 e. The normalized spacial score (nSPS) is 13.3. The van der Waals surface area contributed by atoms with Crippen LogP contribution in [0.25, 0.3) is 10.6 Å². The van der Waals surface area contributed by atoms with Crippen LogP contribution in [0.4, 0.5) is 0 Å². The maximum Gasteiger partial charge on any atom is 0.196 e. The molecule has 0 atom stereocenters. The third-order valence-electron chi connectivity index (χ3n) is 2.76. The molecule has 0 amide bonds. The zero-order chi connectivity index (χ0) is 14.1. The van der Waals surface area contributed by atoms with Gasteiger partial charge < -0.3 is 9.47 Å². The Morgan fingerprint density at radius 2 is 2.15 bits per heavy atom. The van der Waals surface area contributed by atoms with Crippen LogP contribution in [0.3, 0.4) is 0 Å². The molecule has 0 aliphatic carbocycles. The van der Waals surface area contributed by atoms with Crippen molar-refractivity contribution in [1.82, 2.24) is 4.98 Å². The fourth-order valence-electron chi connectivity index (χ4n) is 1.84. The number of Topliss-reactive ketones (excluding diaryl/α,β-unsaturated/α-hetero) is 1. The van der Waals surface area contributed by atoms with Crippen LogP contribution in [0.1, 0.15) is 10.5 Å². The van der Waals surface area contributed by atoms with E-state index < -0.39 is 0 Å². The quantitative estimate of drug-likeness (QED) is 0.637. The van der Waals surface area contributed by atoms with Crippen molar-refractivity contribution in [3.05, 3.63) is 28.2 Å². The predicted octanol–water partition coefficient (Wildman–Crippen LogP) is 3.66. The Labute approximate surface area is 129 Å². The van der Waals surface area contributed by atoms with Gasteiger partial charge in [0, 0.05) is 10.9 Å². The minimum atomic E-state index is -0.196. The molecule has 20 heavy (non-hydrogen) atoms. The fourth-order valence-corrected chi connectivity index (χ4v) is 3.05. The van der Waals surface area contributed by atoms with E-state index in [1.807, 2.05) is 6.07 Å². The van der Waals surface area contributed by atoms with Crippen LogP contribution in [-0.4, -0.2) is 29.9 Å². The second-order valence-corrected chi connectivity index (χ2v) is 5.61. The summed E-state index contributed by atoms with van der Waals surface area (Å²) in [6.07, 6.45) is 0. The molecular weight excluding hydrogens is 321 g/mol. The molecule has 1 aliphatic rings. The number of halogens is 2. The molecule has 104 valence electrons. The number of nitrogens with zero attached hydrogens (tertiary/aromatic N) is 1. The lowest BCUT2D eigenvalue weighted by molar-refractivity contribution is 0.101. The predicted molar refractivity (Wildman–Crippen MR) is 78.6 cm³/mol. The van der Waals surface area contributed by atoms with Gasteiger partial charge in [-0.05, 0) is 12.1 Å². The van der Waals surface area contributed by atoms with E-state index in [4.69, 9.17) is 32.7 Å². The summed E-state index contributed by atoms with van der Waals surface area (Å²) in [5.74, 6) is 0.873. The van der Waals surface area contributed by atoms with Crippen molar-refractivity contribution < 1.29 is 14.3 Å². The monoisotopic (exact) mass is 329 g/mol. The molecule has 1 aromatic carbocycles. The van der Waals surface area contributed by atoms with E-state index in [2.05, 4.69) is 4.98 Å². The lowest BCUT2D eigenvalue weighted by Gasteiger charge is -2.19. The van der Waals surface area contributed by atoms with E-state index in [9.17, 15) is 4.79 Å². The third kappa shape index (κ3) is 2.49. The fraction of sp³-hybridized carbons (Fsp3) is 0.231. The number of rotatable bonds is 3. The van der Waals surface area contributed by atoms with E-state index >= 15 is 0 Å². The number of carbonyl (C=O) groups excluding carboxylic acids is 1. The van der Waals surface area contributed by atoms with Gasteiger partial charge in [-0.25, -0.2) is 4.98 Å². The second kappa shape index (κ2) is 5.60. The summed E-state index contributed by atoms with van der Waals surface area (Å²) in [6, 6.07) is 3.57. The Balaban J connectivity index is 2.00. The van der Waals surface area contributed by atoms with E-state index in [0.717, 1.165) is 5.56 Å². The molecule has 3 rings (SSSR count). The molecule has 2 heterocycles. The van der Waals surface area contributed by atoms with Gasteiger partial charge >= 0.3 is 0 Å². The van der Waals surface area contributed by atoms with Crippen molar-refractivity contribution in [2.45, 2.75) is 0 Å². The Kier molecular flexibility index (Phi) is 3.83. The Bertz CT molecular complexity index is 672. The number of fused-ring (bicyclic) bond motifs is 1. The Hall–Kier alpha value is -1.30. The molecule has 7 heteroatoms. The Morgan fingerprint density at radius 3 is 2.95 bits per heavy atom. The van der Waals surface area contributed by atoms with Crippen LogP contribution < -0.4 is 9.47 Å². The second-order valence-electron chi connectivity index (χ2n) is 4.08. The summed E-state index contributed by atoms with van der Waals surface area (Å²) in [5, 5.41) is 2.85. The highest BCUT2D eigenvalue weighted by atomic mass is 35.5. The average Bonchev–Trinajstić information content (AvgIpc) is 2.96. The topological polar surface area (TPSA) is 48.4 Å². The minimum absolute atomic E-state index is 0.0783. The standard InChI is InChI=1S/C13H9Cl2NO3S/c14-5-10(17)9-6-20-13(16-9)7-3-8(15)12-11(4-7)18-1-2-19-12/h3-4,6H,1-2,5H2. The highest BCUT2D eigenvalue weighted by Crippen LogP contribution is 2.41. The summed E-state index contributed by atoms with van der Waals surface area (Å²) in [7, 11) is 0. The highest BCUT2D eigenvalue weighted by Gasteiger charge is 2.19. The number of hydrogen-bond acceptors (Lipinski definition) is 5. The number of carbonyl (C=O) groups is 1. The van der Waals surface area contributed by atoms with Gasteiger partial charge in [-0.3, -0.25) is 4.79 Å². The van der Waals surface area contributed by atoms with Gasteiger partial charge in [0.1, 0.15) is 23.9 Å². The molecule has 0 N–H and O–H groups in total. The van der Waals surface area contributed by atoms with Gasteiger partial charge in [0.15, 0.2) is 17.3 Å². The van der Waals surface area contributed by atoms with Gasteiger partial charge in [-0.2, -0.15) is 0 Å². The van der Waals surface area contributed by atoms with Crippen LogP contribution in [0.5, 0.6) is 11.5 Å². The molecule has 1 aromatic heterocycles. The van der Waals surface area contributed by atoms with Crippen LogP contribution >= 0.6 is 34.5 Å². The first-order valence-corrected chi connectivity index (χ1v) is 7.62. The molecule has 4 nitrogen and oxygen atoms in total. The van der Waals surface area contributed by atoms with Crippen LogP contribution in [0.15, 0.2) is 17.5 Å². The number of aromatic nitrogens is 1. The van der Waals surface area contributed by atoms with Gasteiger partial charge in [-0.15, -0.1) is 22.9 Å². The van der Waals surface area contributed by atoms with Crippen molar-refractivity contribution in [3.63, 3.8) is 0 Å². The number of benzene rings is 1. The molecule has 1 aliphatic heterocycles. The molecule has 2 aromatic rings. The molecular formula is C13H9Cl2NO3S. The molecule has 0 spiro atoms. The number of thiazole rings is 1. The van der Waals surface area contributed by atoms with Gasteiger partial charge in [-0.1, -0.05) is 11.6 Å². The van der Waals surface area contributed by atoms with Crippen molar-refractivity contribution in [3.8, 4) is 22.1 Å². The molecule has 0 radical (unpaired) electrons. The summed E-state index contributed by atoms with van der Waals surface area (Å²) < 4.78 is 11.0. The van der Waals surface area contributed by atoms with E-state index in [-0.39, 0.29) is 11.7 Å². The summed E-state index contributed by atoms with van der Waals surface area (Å²) >= 11 is 13.1. The lowest BCUT2D eigenvalue weighted by atomic mass is 10.2. The van der Waals surface area contributed by atoms with E-state index in [1.54, 1.807) is 11.4 Å². The zero-order valence-corrected chi connectivity index (χ0v) is 12.5. The molecule has 0 saturated heterocycles. The largest absolute Gasteiger partial charge is 0.486 e. The van der Waals surface area contributed by atoms with Crippen LogP contribution in [0, 0.1) is 0 Å². The van der Waals surface area contributed by atoms with Crippen LogP contribution in [-0.2, 0) is 0 Å². The summed E-state index contributed by atoms with van der Waals surface area (Å²) in [6.45, 7) is 0.971. The first-order chi connectivity index (χ1) is 9.69. The SMILES string of the molecule is O=C(CCl)c1csc(-c2cc(Cl)c3c(c2)OCCO3)n1. The average molecular weight is 330 g/mol. The zero-order valence-electron chi connectivity index (χ0n) is 10.2. The van der Waals surface area contributed by atoms with Crippen LogP contribution in [0.2, 0.25) is 5.02 Å². The molecule has 0 bridgehead atoms. The maximum absolute atomic E-state index is 11.5. The molecule has 0 fully saturated rings. The number of ether oxygens (including phenoxy) is 2. The summed E-state index contributed by atoms with van der Waals surface area (Å²) in [5.41, 5.74) is 1.16. The molecule has 0 unspecified atom stereocenters. The highest BCUT2D eigenvalue weighted by molar-refractivity contribution is 7.13. The third-order valence-corrected chi connectivity index (χ3v) is 4.17. The first kappa shape index (κ1) is 13.7. The lowest BCUT2D eigenvalue weighted by Crippen LogP contribution is -2.15. The Morgan fingerprint density at radius 1 is 1.35 bits per heavy atom. The van der Waals surface area contributed by atoms with Gasteiger partial charge in [0.2, 0.25) is 0 Å². The minimum Gasteiger partial charge on any atom is -0.486 e. The van der Waals surface area contributed by atoms with Gasteiger partial charge in [0.25, 0.3) is 0 Å². The number of hydrogen-bond donors (Lipinski definition) is 0. The van der Waals surface area contributed by atoms with Crippen molar-refractivity contribution in [1.29, 1.82) is 0 Å². The van der Waals surface area contributed by atoms with E-state index in [1.165, 1.54) is 11.3 Å². The molecule has 0 saturated carbocycles. The van der Waals surface area contributed by atoms with E-state index in [0.29, 0.717) is 40.4 Å². The first-order valence-electron chi connectivity index (χ1n) is 5.83.